The molecular weight excluding hydrogens is 524 g/mol. The Labute approximate surface area is 230 Å². The molecule has 0 bridgehead atoms. The second kappa shape index (κ2) is 13.9. The predicted molar refractivity (Wildman–Crippen MR) is 144 cm³/mol. The van der Waals surface area contributed by atoms with Crippen molar-refractivity contribution < 1.29 is 33.3 Å². The summed E-state index contributed by atoms with van der Waals surface area (Å²) in [6.07, 6.45) is 1.02. The number of benzene rings is 1. The number of pyridine rings is 2. The smallest absolute Gasteiger partial charge is 0.339 e. The van der Waals surface area contributed by atoms with E-state index < -0.39 is 11.9 Å². The molecule has 39 heavy (non-hydrogen) atoms. The number of nitrogens with one attached hydrogen (secondary N) is 1. The molecule has 12 heteroatoms. The van der Waals surface area contributed by atoms with Crippen molar-refractivity contribution in [3.63, 3.8) is 0 Å². The van der Waals surface area contributed by atoms with E-state index in [4.69, 9.17) is 18.9 Å². The maximum Gasteiger partial charge on any atom is 0.339 e. The Balaban J connectivity index is 1.49. The summed E-state index contributed by atoms with van der Waals surface area (Å²) < 4.78 is 29.3. The third-order valence-electron chi connectivity index (χ3n) is 5.44. The molecule has 1 aromatic carbocycles. The van der Waals surface area contributed by atoms with E-state index in [0.717, 1.165) is 31.2 Å². The van der Waals surface area contributed by atoms with E-state index >= 15 is 0 Å². The number of methoxy groups -OCH3 is 2. The molecule has 11 nitrogen and oxygen atoms in total. The molecule has 1 amide bonds. The molecule has 0 radical (unpaired) electrons. The average Bonchev–Trinajstić information content (AvgIpc) is 2.94. The Morgan fingerprint density at radius 1 is 1.05 bits per heavy atom. The molecule has 1 aliphatic rings. The van der Waals surface area contributed by atoms with Crippen LogP contribution >= 0.6 is 11.9 Å². The lowest BCUT2D eigenvalue weighted by Crippen LogP contribution is -2.30. The summed E-state index contributed by atoms with van der Waals surface area (Å²) >= 11 is 1.67. The molecule has 0 saturated carbocycles. The Hall–Kier alpha value is -3.71. The van der Waals surface area contributed by atoms with Gasteiger partial charge in [0.25, 0.3) is 5.91 Å². The third kappa shape index (κ3) is 8.39. The summed E-state index contributed by atoms with van der Waals surface area (Å²) in [7, 11) is 2.86. The third-order valence-corrected chi connectivity index (χ3v) is 6.55. The Bertz CT molecular complexity index is 1250. The highest BCUT2D eigenvalue weighted by molar-refractivity contribution is 7.97. The molecule has 0 spiro atoms. The van der Waals surface area contributed by atoms with Gasteiger partial charge in [-0.15, -0.1) is 0 Å². The maximum absolute atomic E-state index is 13.1. The number of ether oxygens (including phenoxy) is 5. The highest BCUT2D eigenvalue weighted by atomic mass is 32.2. The van der Waals surface area contributed by atoms with Crippen LogP contribution in [-0.2, 0) is 14.2 Å². The number of morpholine rings is 1. The van der Waals surface area contributed by atoms with Gasteiger partial charge in [0.15, 0.2) is 0 Å². The first-order valence-electron chi connectivity index (χ1n) is 12.3. The van der Waals surface area contributed by atoms with E-state index in [1.54, 1.807) is 19.1 Å². The van der Waals surface area contributed by atoms with E-state index in [-0.39, 0.29) is 34.8 Å². The molecule has 0 aliphatic carbocycles. The van der Waals surface area contributed by atoms with Gasteiger partial charge in [0, 0.05) is 43.4 Å². The molecule has 206 valence electrons. The van der Waals surface area contributed by atoms with Crippen LogP contribution in [0.2, 0.25) is 0 Å². The lowest BCUT2D eigenvalue weighted by atomic mass is 10.2. The van der Waals surface area contributed by atoms with Crippen molar-refractivity contribution in [2.45, 2.75) is 17.9 Å². The summed E-state index contributed by atoms with van der Waals surface area (Å²) in [6, 6.07) is 13.7. The van der Waals surface area contributed by atoms with Crippen molar-refractivity contribution in [2.24, 2.45) is 0 Å². The second-order valence-corrected chi connectivity index (χ2v) is 9.67. The molecule has 1 N–H and O–H groups in total. The standard InChI is InChI=1S/C27H30N4O7S/c1-18(17-34-2)37-24-14-20(26(32)29-23-9-4-19(16-28-23)27(33)35-3)15-25(30-24)38-21-5-7-22(8-6-21)39-31-10-12-36-13-11-31/h4-9,14-16,18H,10-13,17H2,1-3H3,(H,28,29,32). The zero-order valence-electron chi connectivity index (χ0n) is 21.9. The number of esters is 1. The summed E-state index contributed by atoms with van der Waals surface area (Å²) in [5.41, 5.74) is 0.519. The summed E-state index contributed by atoms with van der Waals surface area (Å²) in [4.78, 5) is 34.3. The lowest BCUT2D eigenvalue weighted by molar-refractivity contribution is 0.0600. The van der Waals surface area contributed by atoms with Crippen LogP contribution in [0.4, 0.5) is 5.82 Å². The van der Waals surface area contributed by atoms with E-state index in [1.165, 1.54) is 37.6 Å². The van der Waals surface area contributed by atoms with Gasteiger partial charge in [-0.2, -0.15) is 4.98 Å². The van der Waals surface area contributed by atoms with Gasteiger partial charge in [-0.25, -0.2) is 14.1 Å². The van der Waals surface area contributed by atoms with Crippen LogP contribution in [0.1, 0.15) is 27.6 Å². The fourth-order valence-electron chi connectivity index (χ4n) is 3.57. The Morgan fingerprint density at radius 3 is 2.46 bits per heavy atom. The number of rotatable bonds is 11. The average molecular weight is 555 g/mol. The lowest BCUT2D eigenvalue weighted by Gasteiger charge is -2.25. The van der Waals surface area contributed by atoms with Gasteiger partial charge in [-0.3, -0.25) is 4.79 Å². The predicted octanol–water partition coefficient (Wildman–Crippen LogP) is 4.06. The SMILES string of the molecule is COCC(C)Oc1cc(C(=O)Nc2ccc(C(=O)OC)cn2)cc(Oc2ccc(SN3CCOCC3)cc2)n1. The van der Waals surface area contributed by atoms with Crippen molar-refractivity contribution in [1.82, 2.24) is 14.3 Å². The minimum Gasteiger partial charge on any atom is -0.472 e. The van der Waals surface area contributed by atoms with Crippen LogP contribution in [0.15, 0.2) is 59.6 Å². The van der Waals surface area contributed by atoms with Crippen LogP contribution < -0.4 is 14.8 Å². The fraction of sp³-hybridized carbons (Fsp3) is 0.333. The zero-order chi connectivity index (χ0) is 27.6. The van der Waals surface area contributed by atoms with Crippen molar-refractivity contribution in [1.29, 1.82) is 0 Å². The minimum absolute atomic E-state index is 0.185. The van der Waals surface area contributed by atoms with Crippen molar-refractivity contribution in [3.8, 4) is 17.5 Å². The first kappa shape index (κ1) is 28.3. The summed E-state index contributed by atoms with van der Waals surface area (Å²) in [6.45, 7) is 5.37. The zero-order valence-corrected chi connectivity index (χ0v) is 22.7. The Morgan fingerprint density at radius 2 is 1.79 bits per heavy atom. The van der Waals surface area contributed by atoms with Gasteiger partial charge < -0.3 is 29.0 Å². The molecule has 1 unspecified atom stereocenters. The van der Waals surface area contributed by atoms with E-state index in [9.17, 15) is 9.59 Å². The number of carbonyl (C=O) groups excluding carboxylic acids is 2. The summed E-state index contributed by atoms with van der Waals surface area (Å²) in [5.74, 6) is 0.233. The van der Waals surface area contributed by atoms with Gasteiger partial charge in [0.2, 0.25) is 11.8 Å². The highest BCUT2D eigenvalue weighted by Crippen LogP contribution is 2.29. The topological polar surface area (TPSA) is 121 Å². The molecule has 1 atom stereocenters. The van der Waals surface area contributed by atoms with E-state index in [1.807, 2.05) is 31.2 Å². The highest BCUT2D eigenvalue weighted by Gasteiger charge is 2.16. The molecular formula is C27H30N4O7S. The molecule has 2 aromatic heterocycles. The van der Waals surface area contributed by atoms with Crippen molar-refractivity contribution in [2.75, 3.05) is 52.4 Å². The van der Waals surface area contributed by atoms with Crippen LogP contribution in [0.25, 0.3) is 0 Å². The van der Waals surface area contributed by atoms with Gasteiger partial charge in [-0.05, 0) is 55.3 Å². The monoisotopic (exact) mass is 554 g/mol. The quantitative estimate of drug-likeness (QED) is 0.273. The maximum atomic E-state index is 13.1. The summed E-state index contributed by atoms with van der Waals surface area (Å²) in [5, 5.41) is 2.70. The van der Waals surface area contributed by atoms with Gasteiger partial charge in [-0.1, -0.05) is 0 Å². The van der Waals surface area contributed by atoms with Crippen LogP contribution in [0.5, 0.6) is 17.5 Å². The minimum atomic E-state index is -0.518. The normalized spacial score (nSPS) is 14.3. The van der Waals surface area contributed by atoms with E-state index in [0.29, 0.717) is 12.4 Å². The second-order valence-electron chi connectivity index (χ2n) is 8.50. The number of carbonyl (C=O) groups is 2. The molecule has 1 saturated heterocycles. The first-order valence-corrected chi connectivity index (χ1v) is 13.0. The fourth-order valence-corrected chi connectivity index (χ4v) is 4.46. The van der Waals surface area contributed by atoms with Crippen LogP contribution in [0, 0.1) is 0 Å². The largest absolute Gasteiger partial charge is 0.472 e. The van der Waals surface area contributed by atoms with Crippen LogP contribution in [0.3, 0.4) is 0 Å². The molecule has 1 fully saturated rings. The molecule has 3 aromatic rings. The van der Waals surface area contributed by atoms with Crippen LogP contribution in [-0.4, -0.2) is 79.4 Å². The number of nitrogens with zero attached hydrogens (tertiary/aromatic N) is 3. The van der Waals surface area contributed by atoms with Crippen molar-refractivity contribution >= 4 is 29.6 Å². The molecule has 4 rings (SSSR count). The molecule has 1 aliphatic heterocycles. The van der Waals surface area contributed by atoms with Gasteiger partial charge in [0.05, 0.1) is 38.1 Å². The molecule has 3 heterocycles. The number of amides is 1. The van der Waals surface area contributed by atoms with Gasteiger partial charge in [0.1, 0.15) is 17.7 Å². The first-order chi connectivity index (χ1) is 18.9. The van der Waals surface area contributed by atoms with Crippen molar-refractivity contribution in [3.05, 3.63) is 65.9 Å². The number of hydrogen-bond acceptors (Lipinski definition) is 11. The van der Waals surface area contributed by atoms with Gasteiger partial charge >= 0.3 is 5.97 Å². The van der Waals surface area contributed by atoms with E-state index in [2.05, 4.69) is 24.3 Å². The Kier molecular flexibility index (Phi) is 10.1. The number of aromatic nitrogens is 2. The number of hydrogen-bond donors (Lipinski definition) is 1. The number of anilines is 1.